The molecule has 0 fully saturated rings. The predicted octanol–water partition coefficient (Wildman–Crippen LogP) is 4.18. The van der Waals surface area contributed by atoms with E-state index in [4.69, 9.17) is 22.1 Å². The quantitative estimate of drug-likeness (QED) is 0.846. The smallest absolute Gasteiger partial charge is 0.233 e. The minimum absolute atomic E-state index is 0.461. The van der Waals surface area contributed by atoms with E-state index >= 15 is 0 Å². The van der Waals surface area contributed by atoms with Crippen LogP contribution in [0.3, 0.4) is 0 Å². The highest BCUT2D eigenvalue weighted by Crippen LogP contribution is 2.33. The van der Waals surface area contributed by atoms with Crippen molar-refractivity contribution in [2.45, 2.75) is 6.92 Å². The van der Waals surface area contributed by atoms with Crippen LogP contribution in [-0.4, -0.2) is 4.98 Å². The number of hydrogen-bond acceptors (Lipinski definition) is 3. The number of aromatic nitrogens is 1. The second-order valence-electron chi connectivity index (χ2n) is 3.59. The lowest BCUT2D eigenvalue weighted by molar-refractivity contribution is 0.460. The van der Waals surface area contributed by atoms with Gasteiger partial charge in [0.15, 0.2) is 0 Å². The molecule has 1 aromatic carbocycles. The van der Waals surface area contributed by atoms with E-state index in [0.29, 0.717) is 22.3 Å². The fourth-order valence-electron chi connectivity index (χ4n) is 1.30. The molecule has 0 saturated carbocycles. The molecule has 2 N–H and O–H groups in total. The summed E-state index contributed by atoms with van der Waals surface area (Å²) in [6.07, 6.45) is 1.72. The number of nitrogens with two attached hydrogens (primary N) is 1. The standard InChI is InChI=1S/C12H10BrClN2O/c1-7-4-9(13)12(16-6-7)17-11-5-8(15)2-3-10(11)14/h2-6H,15H2,1H3. The van der Waals surface area contributed by atoms with Crippen molar-refractivity contribution in [3.63, 3.8) is 0 Å². The highest BCUT2D eigenvalue weighted by atomic mass is 79.9. The van der Waals surface area contributed by atoms with Crippen molar-refractivity contribution in [2.24, 2.45) is 0 Å². The first-order valence-electron chi connectivity index (χ1n) is 4.91. The van der Waals surface area contributed by atoms with Crippen LogP contribution in [0.2, 0.25) is 5.02 Å². The topological polar surface area (TPSA) is 48.1 Å². The van der Waals surface area contributed by atoms with Gasteiger partial charge in [0.1, 0.15) is 5.75 Å². The largest absolute Gasteiger partial charge is 0.436 e. The summed E-state index contributed by atoms with van der Waals surface area (Å²) in [4.78, 5) is 4.18. The average Bonchev–Trinajstić information content (AvgIpc) is 2.27. The molecule has 1 heterocycles. The second kappa shape index (κ2) is 4.94. The van der Waals surface area contributed by atoms with Crippen LogP contribution in [0, 0.1) is 6.92 Å². The van der Waals surface area contributed by atoms with Gasteiger partial charge in [0.25, 0.3) is 0 Å². The van der Waals surface area contributed by atoms with Gasteiger partial charge in [-0.15, -0.1) is 0 Å². The number of anilines is 1. The summed E-state index contributed by atoms with van der Waals surface area (Å²) in [5.74, 6) is 0.951. The molecule has 0 aliphatic carbocycles. The van der Waals surface area contributed by atoms with E-state index in [2.05, 4.69) is 20.9 Å². The summed E-state index contributed by atoms with van der Waals surface area (Å²) >= 11 is 9.39. The summed E-state index contributed by atoms with van der Waals surface area (Å²) in [7, 11) is 0. The molecule has 2 rings (SSSR count). The van der Waals surface area contributed by atoms with E-state index in [0.717, 1.165) is 10.0 Å². The molecule has 0 saturated heterocycles. The van der Waals surface area contributed by atoms with Crippen LogP contribution >= 0.6 is 27.5 Å². The molecular formula is C12H10BrClN2O. The third kappa shape index (κ3) is 2.90. The minimum atomic E-state index is 0.461. The Morgan fingerprint density at radius 3 is 2.82 bits per heavy atom. The summed E-state index contributed by atoms with van der Waals surface area (Å²) < 4.78 is 6.38. The molecule has 0 aliphatic heterocycles. The summed E-state index contributed by atoms with van der Waals surface area (Å²) in [6, 6.07) is 6.99. The van der Waals surface area contributed by atoms with Crippen molar-refractivity contribution >= 4 is 33.2 Å². The Morgan fingerprint density at radius 1 is 1.35 bits per heavy atom. The Balaban J connectivity index is 2.34. The Kier molecular flexibility index (Phi) is 3.54. The lowest BCUT2D eigenvalue weighted by Crippen LogP contribution is -1.92. The Morgan fingerprint density at radius 2 is 2.12 bits per heavy atom. The van der Waals surface area contributed by atoms with Gasteiger partial charge in [-0.25, -0.2) is 4.98 Å². The number of rotatable bonds is 2. The fourth-order valence-corrected chi connectivity index (χ4v) is 2.00. The van der Waals surface area contributed by atoms with E-state index in [1.807, 2.05) is 13.0 Å². The van der Waals surface area contributed by atoms with Crippen molar-refractivity contribution in [1.29, 1.82) is 0 Å². The maximum atomic E-state index is 6.01. The van der Waals surface area contributed by atoms with Crippen LogP contribution < -0.4 is 10.5 Å². The molecule has 0 aliphatic rings. The zero-order chi connectivity index (χ0) is 12.4. The van der Waals surface area contributed by atoms with Crippen molar-refractivity contribution < 1.29 is 4.74 Å². The van der Waals surface area contributed by atoms with Crippen LogP contribution in [0.25, 0.3) is 0 Å². The maximum Gasteiger partial charge on any atom is 0.233 e. The molecule has 0 spiro atoms. The van der Waals surface area contributed by atoms with Crippen LogP contribution in [0.15, 0.2) is 34.9 Å². The van der Waals surface area contributed by atoms with Crippen LogP contribution in [0.5, 0.6) is 11.6 Å². The first-order valence-corrected chi connectivity index (χ1v) is 6.08. The molecule has 0 bridgehead atoms. The number of benzene rings is 1. The Bertz CT molecular complexity index is 560. The Labute approximate surface area is 113 Å². The van der Waals surface area contributed by atoms with Crippen LogP contribution in [0.4, 0.5) is 5.69 Å². The average molecular weight is 314 g/mol. The van der Waals surface area contributed by atoms with E-state index in [-0.39, 0.29) is 0 Å². The van der Waals surface area contributed by atoms with Crippen molar-refractivity contribution in [3.8, 4) is 11.6 Å². The third-order valence-electron chi connectivity index (χ3n) is 2.11. The predicted molar refractivity (Wildman–Crippen MR) is 72.6 cm³/mol. The molecule has 17 heavy (non-hydrogen) atoms. The molecule has 3 nitrogen and oxygen atoms in total. The lowest BCUT2D eigenvalue weighted by Gasteiger charge is -2.09. The summed E-state index contributed by atoms with van der Waals surface area (Å²) in [5, 5.41) is 0.494. The molecular weight excluding hydrogens is 304 g/mol. The number of ether oxygens (including phenoxy) is 1. The van der Waals surface area contributed by atoms with Crippen molar-refractivity contribution in [2.75, 3.05) is 5.73 Å². The van der Waals surface area contributed by atoms with E-state index < -0.39 is 0 Å². The van der Waals surface area contributed by atoms with Crippen molar-refractivity contribution in [1.82, 2.24) is 4.98 Å². The fraction of sp³-hybridized carbons (Fsp3) is 0.0833. The highest BCUT2D eigenvalue weighted by Gasteiger charge is 2.08. The second-order valence-corrected chi connectivity index (χ2v) is 4.85. The summed E-state index contributed by atoms with van der Waals surface area (Å²) in [6.45, 7) is 1.95. The van der Waals surface area contributed by atoms with Gasteiger partial charge in [-0.05, 0) is 46.6 Å². The van der Waals surface area contributed by atoms with Gasteiger partial charge in [-0.2, -0.15) is 0 Å². The van der Waals surface area contributed by atoms with Crippen LogP contribution in [0.1, 0.15) is 5.56 Å². The molecule has 0 unspecified atom stereocenters. The zero-order valence-corrected chi connectivity index (χ0v) is 11.4. The first kappa shape index (κ1) is 12.2. The number of pyridine rings is 1. The van der Waals surface area contributed by atoms with Crippen molar-refractivity contribution in [3.05, 3.63) is 45.5 Å². The van der Waals surface area contributed by atoms with Gasteiger partial charge in [0, 0.05) is 18.0 Å². The van der Waals surface area contributed by atoms with E-state index in [1.54, 1.807) is 24.4 Å². The SMILES string of the molecule is Cc1cnc(Oc2cc(N)ccc2Cl)c(Br)c1. The number of hydrogen-bond donors (Lipinski definition) is 1. The number of nitrogens with zero attached hydrogens (tertiary/aromatic N) is 1. The lowest BCUT2D eigenvalue weighted by atomic mass is 10.3. The number of nitrogen functional groups attached to an aromatic ring is 1. The number of halogens is 2. The Hall–Kier alpha value is -1.26. The zero-order valence-electron chi connectivity index (χ0n) is 9.08. The number of aryl methyl sites for hydroxylation is 1. The molecule has 5 heteroatoms. The van der Waals surface area contributed by atoms with Gasteiger partial charge < -0.3 is 10.5 Å². The van der Waals surface area contributed by atoms with Gasteiger partial charge in [0.2, 0.25) is 5.88 Å². The van der Waals surface area contributed by atoms with Gasteiger partial charge in [-0.1, -0.05) is 11.6 Å². The first-order chi connectivity index (χ1) is 8.06. The minimum Gasteiger partial charge on any atom is -0.436 e. The molecule has 1 aromatic heterocycles. The molecule has 88 valence electrons. The highest BCUT2D eigenvalue weighted by molar-refractivity contribution is 9.10. The molecule has 2 aromatic rings. The monoisotopic (exact) mass is 312 g/mol. The van der Waals surface area contributed by atoms with Gasteiger partial charge in [0.05, 0.1) is 9.50 Å². The summed E-state index contributed by atoms with van der Waals surface area (Å²) in [5.41, 5.74) is 7.31. The third-order valence-corrected chi connectivity index (χ3v) is 2.99. The van der Waals surface area contributed by atoms with E-state index in [1.165, 1.54) is 0 Å². The molecule has 0 amide bonds. The van der Waals surface area contributed by atoms with E-state index in [9.17, 15) is 0 Å². The van der Waals surface area contributed by atoms with Crippen LogP contribution in [-0.2, 0) is 0 Å². The van der Waals surface area contributed by atoms with Gasteiger partial charge >= 0.3 is 0 Å². The maximum absolute atomic E-state index is 6.01. The van der Waals surface area contributed by atoms with Gasteiger partial charge in [-0.3, -0.25) is 0 Å². The molecule has 0 atom stereocenters. The normalized spacial score (nSPS) is 10.3. The molecule has 0 radical (unpaired) electrons.